The van der Waals surface area contributed by atoms with E-state index in [1.54, 1.807) is 12.3 Å². The molecule has 0 N–H and O–H groups in total. The van der Waals surface area contributed by atoms with Crippen LogP contribution in [0, 0.1) is 18.3 Å². The molecular formula is C14H12N2O. The van der Waals surface area contributed by atoms with Crippen LogP contribution in [-0.4, -0.2) is 4.98 Å². The number of ether oxygens (including phenoxy) is 1. The van der Waals surface area contributed by atoms with E-state index in [1.165, 1.54) is 0 Å². The minimum absolute atomic E-state index is 0.446. The van der Waals surface area contributed by atoms with E-state index in [-0.39, 0.29) is 0 Å². The summed E-state index contributed by atoms with van der Waals surface area (Å²) in [6, 6.07) is 13.2. The van der Waals surface area contributed by atoms with Crippen LogP contribution in [0.1, 0.15) is 16.8 Å². The van der Waals surface area contributed by atoms with Crippen molar-refractivity contribution < 1.29 is 4.74 Å². The Hall–Kier alpha value is -2.34. The maximum Gasteiger partial charge on any atom is 0.141 e. The second-order valence-electron chi connectivity index (χ2n) is 3.69. The van der Waals surface area contributed by atoms with Crippen molar-refractivity contribution in [3.63, 3.8) is 0 Å². The second kappa shape index (κ2) is 5.13. The molecular weight excluding hydrogens is 212 g/mol. The summed E-state index contributed by atoms with van der Waals surface area (Å²) in [4.78, 5) is 4.15. The maximum atomic E-state index is 8.79. The van der Waals surface area contributed by atoms with Gasteiger partial charge < -0.3 is 4.74 Å². The van der Waals surface area contributed by atoms with E-state index in [1.807, 2.05) is 37.3 Å². The van der Waals surface area contributed by atoms with Crippen molar-refractivity contribution in [1.82, 2.24) is 4.98 Å². The predicted molar refractivity (Wildman–Crippen MR) is 64.5 cm³/mol. The highest BCUT2D eigenvalue weighted by molar-refractivity contribution is 5.33. The van der Waals surface area contributed by atoms with E-state index in [4.69, 9.17) is 10.00 Å². The number of hydrogen-bond acceptors (Lipinski definition) is 3. The average molecular weight is 224 g/mol. The number of aryl methyl sites for hydroxylation is 1. The summed E-state index contributed by atoms with van der Waals surface area (Å²) in [5, 5.41) is 8.79. The van der Waals surface area contributed by atoms with Gasteiger partial charge in [-0.15, -0.1) is 0 Å². The first-order valence-electron chi connectivity index (χ1n) is 5.33. The highest BCUT2D eigenvalue weighted by Gasteiger charge is 2.00. The van der Waals surface area contributed by atoms with Gasteiger partial charge in [-0.05, 0) is 36.8 Å². The minimum atomic E-state index is 0.446. The van der Waals surface area contributed by atoms with Crippen LogP contribution in [-0.2, 0) is 6.61 Å². The lowest BCUT2D eigenvalue weighted by Gasteiger charge is -2.08. The lowest BCUT2D eigenvalue weighted by molar-refractivity contribution is 0.302. The Bertz CT molecular complexity index is 558. The molecule has 1 aromatic heterocycles. The topological polar surface area (TPSA) is 45.9 Å². The summed E-state index contributed by atoms with van der Waals surface area (Å²) in [5.74, 6) is 0.773. The second-order valence-corrected chi connectivity index (χ2v) is 3.69. The number of rotatable bonds is 3. The number of hydrogen-bond donors (Lipinski definition) is 0. The first-order chi connectivity index (χ1) is 8.29. The molecule has 84 valence electrons. The summed E-state index contributed by atoms with van der Waals surface area (Å²) < 4.78 is 5.65. The molecule has 0 saturated heterocycles. The zero-order valence-electron chi connectivity index (χ0n) is 9.55. The van der Waals surface area contributed by atoms with Crippen molar-refractivity contribution in [3.8, 4) is 11.8 Å². The molecule has 1 heterocycles. The van der Waals surface area contributed by atoms with Gasteiger partial charge in [0.2, 0.25) is 0 Å². The van der Waals surface area contributed by atoms with E-state index in [9.17, 15) is 0 Å². The largest absolute Gasteiger partial charge is 0.487 e. The normalized spacial score (nSPS) is 9.65. The molecule has 2 rings (SSSR count). The van der Waals surface area contributed by atoms with E-state index >= 15 is 0 Å². The summed E-state index contributed by atoms with van der Waals surface area (Å²) >= 11 is 0. The number of nitriles is 1. The fraction of sp³-hybridized carbons (Fsp3) is 0.143. The smallest absolute Gasteiger partial charge is 0.141 e. The van der Waals surface area contributed by atoms with Gasteiger partial charge in [0.15, 0.2) is 0 Å². The van der Waals surface area contributed by atoms with Gasteiger partial charge >= 0.3 is 0 Å². The molecule has 0 aliphatic heterocycles. The quantitative estimate of drug-likeness (QED) is 0.805. The molecule has 0 bridgehead atoms. The van der Waals surface area contributed by atoms with Crippen molar-refractivity contribution in [1.29, 1.82) is 5.26 Å². The fourth-order valence-corrected chi connectivity index (χ4v) is 1.51. The van der Waals surface area contributed by atoms with E-state index < -0.39 is 0 Å². The Morgan fingerprint density at radius 2 is 2.18 bits per heavy atom. The third-order valence-corrected chi connectivity index (χ3v) is 2.41. The molecule has 0 fully saturated rings. The Morgan fingerprint density at radius 3 is 2.94 bits per heavy atom. The van der Waals surface area contributed by atoms with Crippen LogP contribution >= 0.6 is 0 Å². The average Bonchev–Trinajstić information content (AvgIpc) is 2.38. The molecule has 3 nitrogen and oxygen atoms in total. The lowest BCUT2D eigenvalue weighted by Crippen LogP contribution is -1.98. The molecule has 3 heteroatoms. The molecule has 0 aliphatic rings. The van der Waals surface area contributed by atoms with Gasteiger partial charge in [0.1, 0.15) is 12.4 Å². The third-order valence-electron chi connectivity index (χ3n) is 2.41. The third kappa shape index (κ3) is 2.82. The van der Waals surface area contributed by atoms with Gasteiger partial charge in [0.05, 0.1) is 17.3 Å². The Kier molecular flexibility index (Phi) is 3.37. The monoisotopic (exact) mass is 224 g/mol. The van der Waals surface area contributed by atoms with Gasteiger partial charge in [-0.1, -0.05) is 12.1 Å². The van der Waals surface area contributed by atoms with Gasteiger partial charge in [-0.2, -0.15) is 5.26 Å². The van der Waals surface area contributed by atoms with Crippen LogP contribution in [0.2, 0.25) is 0 Å². The standard InChI is InChI=1S/C14H12N2O/c1-11-14(6-3-7-16-11)17-10-13-5-2-4-12(8-13)9-15/h2-8H,10H2,1H3. The number of benzene rings is 1. The van der Waals surface area contributed by atoms with Crippen LogP contribution in [0.15, 0.2) is 42.6 Å². The predicted octanol–water partition coefficient (Wildman–Crippen LogP) is 2.84. The molecule has 0 saturated carbocycles. The highest BCUT2D eigenvalue weighted by atomic mass is 16.5. The molecule has 2 aromatic rings. The van der Waals surface area contributed by atoms with E-state index in [0.29, 0.717) is 12.2 Å². The van der Waals surface area contributed by atoms with Gasteiger partial charge in [0.25, 0.3) is 0 Å². The van der Waals surface area contributed by atoms with Crippen molar-refractivity contribution >= 4 is 0 Å². The Balaban J connectivity index is 2.08. The fourth-order valence-electron chi connectivity index (χ4n) is 1.51. The van der Waals surface area contributed by atoms with Crippen LogP contribution in [0.3, 0.4) is 0 Å². The molecule has 0 atom stereocenters. The zero-order chi connectivity index (χ0) is 12.1. The molecule has 0 amide bonds. The number of pyridine rings is 1. The van der Waals surface area contributed by atoms with Crippen molar-refractivity contribution in [2.24, 2.45) is 0 Å². The Labute approximate surface area is 100 Å². The highest BCUT2D eigenvalue weighted by Crippen LogP contribution is 2.16. The molecule has 0 spiro atoms. The minimum Gasteiger partial charge on any atom is -0.487 e. The van der Waals surface area contributed by atoms with Crippen molar-refractivity contribution in [2.45, 2.75) is 13.5 Å². The molecule has 0 radical (unpaired) electrons. The van der Waals surface area contributed by atoms with Gasteiger partial charge in [0, 0.05) is 6.20 Å². The zero-order valence-corrected chi connectivity index (χ0v) is 9.55. The van der Waals surface area contributed by atoms with Crippen LogP contribution in [0.25, 0.3) is 0 Å². The first kappa shape index (κ1) is 11.2. The van der Waals surface area contributed by atoms with Gasteiger partial charge in [-0.3, -0.25) is 4.98 Å². The first-order valence-corrected chi connectivity index (χ1v) is 5.33. The molecule has 0 aliphatic carbocycles. The van der Waals surface area contributed by atoms with Crippen molar-refractivity contribution in [2.75, 3.05) is 0 Å². The lowest BCUT2D eigenvalue weighted by atomic mass is 10.1. The molecule has 1 aromatic carbocycles. The summed E-state index contributed by atoms with van der Waals surface area (Å²) in [5.41, 5.74) is 2.49. The molecule has 17 heavy (non-hydrogen) atoms. The van der Waals surface area contributed by atoms with E-state index in [2.05, 4.69) is 11.1 Å². The summed E-state index contributed by atoms with van der Waals surface area (Å²) in [6.07, 6.45) is 1.73. The SMILES string of the molecule is Cc1ncccc1OCc1cccc(C#N)c1. The van der Waals surface area contributed by atoms with E-state index in [0.717, 1.165) is 17.0 Å². The Morgan fingerprint density at radius 1 is 1.29 bits per heavy atom. The molecule has 0 unspecified atom stereocenters. The summed E-state index contributed by atoms with van der Waals surface area (Å²) in [7, 11) is 0. The summed E-state index contributed by atoms with van der Waals surface area (Å²) in [6.45, 7) is 2.35. The maximum absolute atomic E-state index is 8.79. The van der Waals surface area contributed by atoms with Crippen LogP contribution in [0.4, 0.5) is 0 Å². The van der Waals surface area contributed by atoms with Crippen molar-refractivity contribution in [3.05, 3.63) is 59.4 Å². The van der Waals surface area contributed by atoms with Gasteiger partial charge in [-0.25, -0.2) is 0 Å². The number of aromatic nitrogens is 1. The van der Waals surface area contributed by atoms with Crippen LogP contribution in [0.5, 0.6) is 5.75 Å². The van der Waals surface area contributed by atoms with Crippen LogP contribution < -0.4 is 4.74 Å². The number of nitrogens with zero attached hydrogens (tertiary/aromatic N) is 2.